The molecule has 2 aromatic heterocycles. The normalized spacial score (nSPS) is 23.2. The molecule has 1 aliphatic rings. The number of aromatic nitrogens is 3. The molecule has 4 rings (SSSR count). The van der Waals surface area contributed by atoms with Crippen LogP contribution < -0.4 is 22.1 Å². The number of nitrogens with zero attached hydrogens (tertiary/aromatic N) is 3. The van der Waals surface area contributed by atoms with Crippen LogP contribution in [0.3, 0.4) is 0 Å². The average molecular weight is 512 g/mol. The van der Waals surface area contributed by atoms with Crippen LogP contribution in [0.1, 0.15) is 38.0 Å². The SMILES string of the molecule is CCNC(=O)C(N)CC[C@H](CNCc1ccccc1)C[C@H]1O[C@@H](n2cnc3c(N)ccnc32)C(O)[C@H]1O. The monoisotopic (exact) mass is 511 g/mol. The molecule has 6 atom stereocenters. The van der Waals surface area contributed by atoms with E-state index in [9.17, 15) is 15.0 Å². The Hall–Kier alpha value is -3.09. The number of ether oxygens (including phenoxy) is 1. The van der Waals surface area contributed by atoms with Gasteiger partial charge in [-0.15, -0.1) is 0 Å². The van der Waals surface area contributed by atoms with Crippen molar-refractivity contribution in [3.05, 3.63) is 54.5 Å². The standard InChI is InChI=1S/C26H37N7O4/c1-2-30-25(36)19(28)9-8-17(14-29-13-16-6-4-3-5-7-16)12-20-22(34)23(35)26(37-20)33-15-32-21-18(27)10-11-31-24(21)33/h3-7,10-11,15,17,19-20,22-23,26,29,34-35H,2,8-9,12-14,28H2,1H3,(H2,27,31)(H,30,36)/t17-,19?,20+,22-,23?,26+/m0/s1. The highest BCUT2D eigenvalue weighted by atomic mass is 16.6. The average Bonchev–Trinajstić information content (AvgIpc) is 3.45. The van der Waals surface area contributed by atoms with E-state index in [4.69, 9.17) is 16.2 Å². The predicted molar refractivity (Wildman–Crippen MR) is 140 cm³/mol. The number of nitrogen functional groups attached to an aromatic ring is 1. The molecule has 2 unspecified atom stereocenters. The zero-order valence-corrected chi connectivity index (χ0v) is 21.0. The van der Waals surface area contributed by atoms with E-state index < -0.39 is 30.6 Å². The van der Waals surface area contributed by atoms with E-state index >= 15 is 0 Å². The van der Waals surface area contributed by atoms with Crippen molar-refractivity contribution in [3.8, 4) is 0 Å². The summed E-state index contributed by atoms with van der Waals surface area (Å²) in [6.45, 7) is 3.71. The molecule has 0 spiro atoms. The van der Waals surface area contributed by atoms with Gasteiger partial charge in [0.15, 0.2) is 11.9 Å². The molecule has 37 heavy (non-hydrogen) atoms. The van der Waals surface area contributed by atoms with Gasteiger partial charge in [-0.3, -0.25) is 9.36 Å². The highest BCUT2D eigenvalue weighted by molar-refractivity contribution is 5.83. The summed E-state index contributed by atoms with van der Waals surface area (Å²) in [4.78, 5) is 20.8. The van der Waals surface area contributed by atoms with Crippen molar-refractivity contribution in [1.29, 1.82) is 0 Å². The number of hydrogen-bond donors (Lipinski definition) is 6. The maximum Gasteiger partial charge on any atom is 0.236 e. The van der Waals surface area contributed by atoms with Gasteiger partial charge in [-0.25, -0.2) is 9.97 Å². The summed E-state index contributed by atoms with van der Waals surface area (Å²) < 4.78 is 7.77. The molecule has 200 valence electrons. The van der Waals surface area contributed by atoms with Gasteiger partial charge in [-0.2, -0.15) is 0 Å². The maximum atomic E-state index is 12.1. The fraction of sp³-hybridized carbons (Fsp3) is 0.500. The molecule has 3 heterocycles. The molecule has 1 fully saturated rings. The second-order valence-electron chi connectivity index (χ2n) is 9.57. The number of fused-ring (bicyclic) bond motifs is 1. The summed E-state index contributed by atoms with van der Waals surface area (Å²) in [6.07, 6.45) is 0.961. The first kappa shape index (κ1) is 27.0. The van der Waals surface area contributed by atoms with Gasteiger partial charge in [0.2, 0.25) is 5.91 Å². The van der Waals surface area contributed by atoms with Crippen LogP contribution in [-0.2, 0) is 16.1 Å². The second kappa shape index (κ2) is 12.4. The van der Waals surface area contributed by atoms with Crippen molar-refractivity contribution in [1.82, 2.24) is 25.2 Å². The minimum Gasteiger partial charge on any atom is -0.397 e. The van der Waals surface area contributed by atoms with Gasteiger partial charge in [-0.1, -0.05) is 30.3 Å². The summed E-state index contributed by atoms with van der Waals surface area (Å²) in [5.74, 6) is -0.131. The lowest BCUT2D eigenvalue weighted by molar-refractivity contribution is -0.122. The van der Waals surface area contributed by atoms with Crippen molar-refractivity contribution in [3.63, 3.8) is 0 Å². The van der Waals surface area contributed by atoms with Gasteiger partial charge in [0.25, 0.3) is 0 Å². The molecule has 0 radical (unpaired) electrons. The van der Waals surface area contributed by atoms with Crippen LogP contribution in [0.2, 0.25) is 0 Å². The van der Waals surface area contributed by atoms with E-state index in [2.05, 4.69) is 20.6 Å². The number of carbonyl (C=O) groups is 1. The van der Waals surface area contributed by atoms with Crippen LogP contribution in [0.25, 0.3) is 11.2 Å². The Bertz CT molecular complexity index is 1160. The first-order chi connectivity index (χ1) is 17.9. The molecule has 1 amide bonds. The number of imidazole rings is 1. The minimum atomic E-state index is -1.17. The quantitative estimate of drug-likeness (QED) is 0.204. The van der Waals surface area contributed by atoms with Crippen molar-refractivity contribution >= 4 is 22.8 Å². The molecule has 0 saturated carbocycles. The molecule has 11 nitrogen and oxygen atoms in total. The van der Waals surface area contributed by atoms with Crippen LogP contribution >= 0.6 is 0 Å². The van der Waals surface area contributed by atoms with E-state index in [1.807, 2.05) is 37.3 Å². The fourth-order valence-corrected chi connectivity index (χ4v) is 4.79. The number of nitrogens with two attached hydrogens (primary N) is 2. The molecule has 1 aromatic carbocycles. The lowest BCUT2D eigenvalue weighted by Crippen LogP contribution is -2.41. The number of amides is 1. The number of anilines is 1. The maximum absolute atomic E-state index is 12.1. The largest absolute Gasteiger partial charge is 0.397 e. The van der Waals surface area contributed by atoms with Gasteiger partial charge in [0.05, 0.1) is 24.2 Å². The smallest absolute Gasteiger partial charge is 0.236 e. The van der Waals surface area contributed by atoms with Gasteiger partial charge in [0, 0.05) is 19.3 Å². The molecule has 8 N–H and O–H groups in total. The third-order valence-corrected chi connectivity index (χ3v) is 6.85. The number of aliphatic hydroxyl groups is 2. The first-order valence-corrected chi connectivity index (χ1v) is 12.8. The van der Waals surface area contributed by atoms with E-state index in [-0.39, 0.29) is 11.8 Å². The Morgan fingerprint density at radius 2 is 1.95 bits per heavy atom. The third kappa shape index (κ3) is 6.43. The molecule has 3 aromatic rings. The number of carbonyl (C=O) groups excluding carboxylic acids is 1. The van der Waals surface area contributed by atoms with Gasteiger partial charge >= 0.3 is 0 Å². The second-order valence-corrected chi connectivity index (χ2v) is 9.57. The van der Waals surface area contributed by atoms with Crippen LogP contribution in [-0.4, -0.2) is 68.1 Å². The van der Waals surface area contributed by atoms with Crippen molar-refractivity contribution in [2.45, 2.75) is 63.3 Å². The number of likely N-dealkylation sites (N-methyl/N-ethyl adjacent to an activating group) is 1. The summed E-state index contributed by atoms with van der Waals surface area (Å²) in [6, 6.07) is 11.1. The van der Waals surface area contributed by atoms with Crippen molar-refractivity contribution in [2.24, 2.45) is 11.7 Å². The van der Waals surface area contributed by atoms with Crippen LogP contribution in [0.5, 0.6) is 0 Å². The number of nitrogens with one attached hydrogen (secondary N) is 2. The van der Waals surface area contributed by atoms with Crippen molar-refractivity contribution < 1.29 is 19.7 Å². The Balaban J connectivity index is 1.43. The zero-order chi connectivity index (χ0) is 26.4. The number of benzene rings is 1. The van der Waals surface area contributed by atoms with E-state index in [1.54, 1.807) is 16.8 Å². The number of aliphatic hydroxyl groups excluding tert-OH is 2. The zero-order valence-electron chi connectivity index (χ0n) is 21.0. The number of hydrogen-bond acceptors (Lipinski definition) is 9. The number of pyridine rings is 1. The summed E-state index contributed by atoms with van der Waals surface area (Å²) in [7, 11) is 0. The molecule has 0 bridgehead atoms. The van der Waals surface area contributed by atoms with Crippen LogP contribution in [0.15, 0.2) is 48.9 Å². The third-order valence-electron chi connectivity index (χ3n) is 6.85. The predicted octanol–water partition coefficient (Wildman–Crippen LogP) is 0.672. The van der Waals surface area contributed by atoms with Gasteiger partial charge < -0.3 is 37.1 Å². The molecular weight excluding hydrogens is 474 g/mol. The molecule has 1 saturated heterocycles. The van der Waals surface area contributed by atoms with Gasteiger partial charge in [-0.05, 0) is 50.3 Å². The van der Waals surface area contributed by atoms with Crippen LogP contribution in [0, 0.1) is 5.92 Å². The minimum absolute atomic E-state index is 0.0445. The topological polar surface area (TPSA) is 174 Å². The van der Waals surface area contributed by atoms with E-state index in [0.717, 1.165) is 5.56 Å². The number of rotatable bonds is 12. The summed E-state index contributed by atoms with van der Waals surface area (Å²) in [5.41, 5.74) is 14.7. The van der Waals surface area contributed by atoms with Crippen molar-refractivity contribution in [2.75, 3.05) is 18.8 Å². The van der Waals surface area contributed by atoms with Gasteiger partial charge in [0.1, 0.15) is 17.7 Å². The summed E-state index contributed by atoms with van der Waals surface area (Å²) >= 11 is 0. The highest BCUT2D eigenvalue weighted by Gasteiger charge is 2.44. The Morgan fingerprint density at radius 1 is 1.16 bits per heavy atom. The molecule has 11 heteroatoms. The highest BCUT2D eigenvalue weighted by Crippen LogP contribution is 2.35. The summed E-state index contributed by atoms with van der Waals surface area (Å²) in [5, 5.41) is 28.0. The lowest BCUT2D eigenvalue weighted by atomic mass is 9.91. The van der Waals surface area contributed by atoms with E-state index in [0.29, 0.717) is 55.7 Å². The lowest BCUT2D eigenvalue weighted by Gasteiger charge is -2.24. The Labute approximate surface area is 216 Å². The first-order valence-electron chi connectivity index (χ1n) is 12.8. The fourth-order valence-electron chi connectivity index (χ4n) is 4.79. The molecular formula is C26H37N7O4. The molecule has 1 aliphatic heterocycles. The Morgan fingerprint density at radius 3 is 2.70 bits per heavy atom. The molecule has 0 aliphatic carbocycles. The van der Waals surface area contributed by atoms with E-state index in [1.165, 1.54) is 6.33 Å². The van der Waals surface area contributed by atoms with Crippen LogP contribution in [0.4, 0.5) is 5.69 Å². The Kier molecular flexibility index (Phi) is 9.06.